The van der Waals surface area contributed by atoms with Gasteiger partial charge in [0, 0.05) is 42.7 Å². The second-order valence-electron chi connectivity index (χ2n) is 9.56. The van der Waals surface area contributed by atoms with E-state index in [0.29, 0.717) is 31.2 Å². The van der Waals surface area contributed by atoms with Crippen LogP contribution in [0.3, 0.4) is 0 Å². The van der Waals surface area contributed by atoms with Crippen LogP contribution in [0.2, 0.25) is 0 Å². The molecule has 1 fully saturated rings. The fourth-order valence-corrected chi connectivity index (χ4v) is 4.70. The molecule has 0 amide bonds. The average Bonchev–Trinajstić information content (AvgIpc) is 3.68. The van der Waals surface area contributed by atoms with E-state index in [0.717, 1.165) is 39.5 Å². The molecule has 0 aliphatic carbocycles. The van der Waals surface area contributed by atoms with Crippen LogP contribution in [-0.4, -0.2) is 58.0 Å². The Morgan fingerprint density at radius 3 is 2.57 bits per heavy atom. The zero-order valence-electron chi connectivity index (χ0n) is 24.5. The normalized spacial score (nSPS) is 13.1. The van der Waals surface area contributed by atoms with Crippen LogP contribution >= 0.6 is 0 Å². The Hall–Kier alpha value is -3.36. The van der Waals surface area contributed by atoms with Gasteiger partial charge in [0.05, 0.1) is 37.9 Å². The minimum Gasteiger partial charge on any atom is -1.00 e. The first-order valence-corrected chi connectivity index (χ1v) is 13.0. The van der Waals surface area contributed by atoms with Gasteiger partial charge in [0.15, 0.2) is 23.4 Å². The number of nitrogens with zero attached hydrogens (tertiary/aromatic N) is 5. The number of carbonyl (C=O) groups is 1. The summed E-state index contributed by atoms with van der Waals surface area (Å²) in [5, 5.41) is 17.6. The second kappa shape index (κ2) is 13.3. The number of imidazole rings is 1. The third-order valence-electron chi connectivity index (χ3n) is 6.77. The fourth-order valence-electron chi connectivity index (χ4n) is 4.70. The largest absolute Gasteiger partial charge is 1.00 e. The summed E-state index contributed by atoms with van der Waals surface area (Å²) >= 11 is 0. The van der Waals surface area contributed by atoms with Gasteiger partial charge < -0.3 is 31.0 Å². The minimum absolute atomic E-state index is 0. The Morgan fingerprint density at radius 1 is 1.10 bits per heavy atom. The first kappa shape index (κ1) is 30.1. The molecule has 2 N–H and O–H groups in total. The summed E-state index contributed by atoms with van der Waals surface area (Å²) in [5.74, 6) is 0.125. The van der Waals surface area contributed by atoms with Gasteiger partial charge in [-0.15, -0.1) is 5.10 Å². The van der Waals surface area contributed by atoms with Gasteiger partial charge >= 0.3 is 57.4 Å². The third-order valence-corrected chi connectivity index (χ3v) is 6.77. The summed E-state index contributed by atoms with van der Waals surface area (Å²) in [5.41, 5.74) is 5.52. The number of hydrogen-bond donors (Lipinski definition) is 2. The van der Waals surface area contributed by atoms with Crippen molar-refractivity contribution in [2.24, 2.45) is 0 Å². The molecule has 42 heavy (non-hydrogen) atoms. The van der Waals surface area contributed by atoms with Gasteiger partial charge in [0.1, 0.15) is 5.75 Å². The predicted octanol–water partition coefficient (Wildman–Crippen LogP) is 2.04. The standard InChI is InChI=1S/C30H28N6O5.K.H/c1-35(18-19-6-9-23(39-2)10-7-19)25-15-27(34-36-26(29(37)38)17-32-28(25)36)33-22-5-3-4-20(14-22)24-11-8-21(16-31-24)30-40-12-13-41-30;;/h3-11,14-17,30H,12-13,18H2,1-2H3,(H,33,34)(H,37,38);;/q;+1;-1. The van der Waals surface area contributed by atoms with Crippen molar-refractivity contribution in [3.8, 4) is 17.0 Å². The molecule has 0 bridgehead atoms. The Labute approximate surface area is 286 Å². The number of methoxy groups -OCH3 is 1. The summed E-state index contributed by atoms with van der Waals surface area (Å²) in [7, 11) is 3.56. The van der Waals surface area contributed by atoms with Gasteiger partial charge in [-0.25, -0.2) is 14.3 Å². The van der Waals surface area contributed by atoms with Crippen LogP contribution in [-0.2, 0) is 16.0 Å². The van der Waals surface area contributed by atoms with Crippen molar-refractivity contribution in [3.63, 3.8) is 0 Å². The van der Waals surface area contributed by atoms with Crippen LogP contribution in [0.15, 0.2) is 79.1 Å². The monoisotopic (exact) mass is 592 g/mol. The van der Waals surface area contributed by atoms with Crippen LogP contribution in [0.4, 0.5) is 17.2 Å². The Balaban J connectivity index is 0.00000212. The molecule has 5 aromatic rings. The van der Waals surface area contributed by atoms with Gasteiger partial charge in [-0.05, 0) is 35.9 Å². The van der Waals surface area contributed by atoms with E-state index in [2.05, 4.69) is 20.4 Å². The first-order valence-electron chi connectivity index (χ1n) is 13.0. The molecule has 3 aromatic heterocycles. The molecule has 0 spiro atoms. The predicted molar refractivity (Wildman–Crippen MR) is 154 cm³/mol. The van der Waals surface area contributed by atoms with Crippen LogP contribution < -0.4 is 66.3 Å². The molecule has 11 nitrogen and oxygen atoms in total. The molecule has 12 heteroatoms. The number of benzene rings is 2. The van der Waals surface area contributed by atoms with Crippen molar-refractivity contribution < 1.29 is 76.9 Å². The number of carboxylic acid groups (broad SMARTS) is 1. The number of rotatable bonds is 9. The number of anilines is 3. The molecular formula is C30H29KN6O5. The zero-order valence-corrected chi connectivity index (χ0v) is 26.6. The summed E-state index contributed by atoms with van der Waals surface area (Å²) < 4.78 is 17.7. The van der Waals surface area contributed by atoms with Gasteiger partial charge in [0.2, 0.25) is 0 Å². The molecular weight excluding hydrogens is 563 g/mol. The zero-order chi connectivity index (χ0) is 28.3. The van der Waals surface area contributed by atoms with Crippen molar-refractivity contribution in [2.75, 3.05) is 37.6 Å². The Bertz CT molecular complexity index is 1690. The van der Waals surface area contributed by atoms with Crippen LogP contribution in [0.5, 0.6) is 5.75 Å². The summed E-state index contributed by atoms with van der Waals surface area (Å²) in [6.45, 7) is 1.71. The average molecular weight is 593 g/mol. The van der Waals surface area contributed by atoms with E-state index < -0.39 is 5.97 Å². The summed E-state index contributed by atoms with van der Waals surface area (Å²) in [4.78, 5) is 22.9. The van der Waals surface area contributed by atoms with Crippen molar-refractivity contribution in [1.82, 2.24) is 19.6 Å². The Kier molecular flexibility index (Phi) is 9.53. The molecule has 2 aromatic carbocycles. The molecule has 0 saturated carbocycles. The molecule has 1 aliphatic rings. The number of aromatic carboxylic acids is 1. The van der Waals surface area contributed by atoms with E-state index >= 15 is 0 Å². The van der Waals surface area contributed by atoms with Crippen LogP contribution in [0.1, 0.15) is 29.3 Å². The number of ether oxygens (including phenoxy) is 3. The number of carboxylic acids is 1. The molecule has 1 aliphatic heterocycles. The Morgan fingerprint density at radius 2 is 1.88 bits per heavy atom. The maximum Gasteiger partial charge on any atom is 1.00 e. The summed E-state index contributed by atoms with van der Waals surface area (Å²) in [6.07, 6.45) is 2.70. The van der Waals surface area contributed by atoms with Crippen molar-refractivity contribution in [1.29, 1.82) is 0 Å². The topological polar surface area (TPSA) is 123 Å². The molecule has 6 rings (SSSR count). The van der Waals surface area contributed by atoms with Crippen molar-refractivity contribution in [3.05, 3.63) is 95.9 Å². The third kappa shape index (κ3) is 6.50. The molecule has 0 unspecified atom stereocenters. The molecule has 1 saturated heterocycles. The molecule has 0 radical (unpaired) electrons. The number of hydrogen-bond acceptors (Lipinski definition) is 9. The van der Waals surface area contributed by atoms with E-state index in [1.165, 1.54) is 10.7 Å². The molecule has 4 heterocycles. The van der Waals surface area contributed by atoms with Crippen molar-refractivity contribution in [2.45, 2.75) is 12.8 Å². The number of pyridine rings is 1. The van der Waals surface area contributed by atoms with Gasteiger partial charge in [-0.3, -0.25) is 4.98 Å². The van der Waals surface area contributed by atoms with E-state index in [1.807, 2.05) is 78.7 Å². The summed E-state index contributed by atoms with van der Waals surface area (Å²) in [6, 6.07) is 21.3. The molecule has 210 valence electrons. The van der Waals surface area contributed by atoms with Crippen molar-refractivity contribution >= 4 is 28.8 Å². The van der Waals surface area contributed by atoms with Gasteiger partial charge in [-0.1, -0.05) is 30.3 Å². The van der Waals surface area contributed by atoms with E-state index in [9.17, 15) is 9.90 Å². The maximum absolute atomic E-state index is 11.9. The smallest absolute Gasteiger partial charge is 1.00 e. The minimum atomic E-state index is -1.11. The van der Waals surface area contributed by atoms with E-state index in [4.69, 9.17) is 14.2 Å². The SMILES string of the molecule is COc1ccc(CN(C)c2cc(Nc3cccc(-c4ccc(C5OCCO5)cn4)c3)nn3c(C(=O)O)cnc23)cc1.[H-].[K+]. The second-order valence-corrected chi connectivity index (χ2v) is 9.56. The van der Waals surface area contributed by atoms with Crippen LogP contribution in [0.25, 0.3) is 16.9 Å². The van der Waals surface area contributed by atoms with Gasteiger partial charge in [0.25, 0.3) is 0 Å². The van der Waals surface area contributed by atoms with Gasteiger partial charge in [-0.2, -0.15) is 0 Å². The fraction of sp³-hybridized carbons (Fsp3) is 0.200. The first-order chi connectivity index (χ1) is 20.0. The number of fused-ring (bicyclic) bond motifs is 1. The maximum atomic E-state index is 11.9. The number of nitrogens with one attached hydrogen (secondary N) is 1. The quantitative estimate of drug-likeness (QED) is 0.246. The van der Waals surface area contributed by atoms with E-state index in [-0.39, 0.29) is 64.8 Å². The van der Waals surface area contributed by atoms with Crippen LogP contribution in [0, 0.1) is 0 Å². The van der Waals surface area contributed by atoms with E-state index in [1.54, 1.807) is 13.3 Å². The number of aromatic nitrogens is 4. The molecule has 0 atom stereocenters.